The lowest BCUT2D eigenvalue weighted by molar-refractivity contribution is 0.351. The van der Waals surface area contributed by atoms with E-state index in [0.29, 0.717) is 12.0 Å². The van der Waals surface area contributed by atoms with Crippen molar-refractivity contribution in [2.45, 2.75) is 64.3 Å². The lowest BCUT2D eigenvalue weighted by atomic mass is 9.80. The normalized spacial score (nSPS) is 21.8. The Morgan fingerprint density at radius 2 is 2.05 bits per heavy atom. The molecule has 1 saturated heterocycles. The molecule has 1 aliphatic rings. The molecule has 0 spiro atoms. The first-order chi connectivity index (χ1) is 9.43. The minimum Gasteiger partial charge on any atom is -0.330 e. The maximum Gasteiger partial charge on any atom is 0.0148 e. The zero-order valence-corrected chi connectivity index (χ0v) is 13.5. The maximum atomic E-state index is 6.12. The van der Waals surface area contributed by atoms with Crippen molar-refractivity contribution in [1.29, 1.82) is 0 Å². The second-order valence-corrected chi connectivity index (χ2v) is 7.22. The Kier molecular flexibility index (Phi) is 4.87. The summed E-state index contributed by atoms with van der Waals surface area (Å²) in [6.07, 6.45) is 3.88. The van der Waals surface area contributed by atoms with Crippen LogP contribution in [0, 0.1) is 6.92 Å². The summed E-state index contributed by atoms with van der Waals surface area (Å²) in [4.78, 5) is 0. The molecule has 20 heavy (non-hydrogen) atoms. The molecule has 1 fully saturated rings. The first-order valence-corrected chi connectivity index (χ1v) is 7.98. The second kappa shape index (κ2) is 6.28. The molecule has 2 atom stereocenters. The average molecular weight is 274 g/mol. The van der Waals surface area contributed by atoms with Crippen LogP contribution in [-0.2, 0) is 5.41 Å². The monoisotopic (exact) mass is 274 g/mol. The first-order valence-electron chi connectivity index (χ1n) is 7.98. The van der Waals surface area contributed by atoms with Gasteiger partial charge in [-0.2, -0.15) is 0 Å². The van der Waals surface area contributed by atoms with E-state index >= 15 is 0 Å². The van der Waals surface area contributed by atoms with Crippen molar-refractivity contribution in [3.63, 3.8) is 0 Å². The highest BCUT2D eigenvalue weighted by Gasteiger charge is 2.26. The molecule has 2 heteroatoms. The van der Waals surface area contributed by atoms with E-state index in [-0.39, 0.29) is 5.41 Å². The number of rotatable bonds is 3. The molecule has 1 aromatic carbocycles. The van der Waals surface area contributed by atoms with Gasteiger partial charge in [-0.1, -0.05) is 45.4 Å². The number of benzene rings is 1. The van der Waals surface area contributed by atoms with Gasteiger partial charge >= 0.3 is 0 Å². The summed E-state index contributed by atoms with van der Waals surface area (Å²) in [5.74, 6) is 0.442. The van der Waals surface area contributed by atoms with Crippen molar-refractivity contribution in [1.82, 2.24) is 5.32 Å². The Bertz CT molecular complexity index is 439. The summed E-state index contributed by atoms with van der Waals surface area (Å²) in [5.41, 5.74) is 10.5. The zero-order chi connectivity index (χ0) is 14.8. The second-order valence-electron chi connectivity index (χ2n) is 7.22. The van der Waals surface area contributed by atoms with Crippen LogP contribution in [0.5, 0.6) is 0 Å². The Balaban J connectivity index is 2.32. The number of hydrogen-bond donors (Lipinski definition) is 2. The zero-order valence-electron chi connectivity index (χ0n) is 13.5. The molecule has 1 aromatic rings. The average Bonchev–Trinajstić information content (AvgIpc) is 2.41. The van der Waals surface area contributed by atoms with Crippen LogP contribution in [0.1, 0.15) is 62.6 Å². The van der Waals surface area contributed by atoms with E-state index < -0.39 is 0 Å². The van der Waals surface area contributed by atoms with Gasteiger partial charge in [0, 0.05) is 18.5 Å². The van der Waals surface area contributed by atoms with Crippen LogP contribution in [0.3, 0.4) is 0 Å². The fourth-order valence-electron chi connectivity index (χ4n) is 3.24. The van der Waals surface area contributed by atoms with Gasteiger partial charge in [0.1, 0.15) is 0 Å². The van der Waals surface area contributed by atoms with Gasteiger partial charge in [0.2, 0.25) is 0 Å². The van der Waals surface area contributed by atoms with E-state index in [1.54, 1.807) is 0 Å². The Morgan fingerprint density at radius 3 is 2.60 bits per heavy atom. The summed E-state index contributed by atoms with van der Waals surface area (Å²) in [6, 6.07) is 7.47. The van der Waals surface area contributed by atoms with Crippen molar-refractivity contribution in [3.8, 4) is 0 Å². The molecule has 0 saturated carbocycles. The lowest BCUT2D eigenvalue weighted by Crippen LogP contribution is -2.41. The highest BCUT2D eigenvalue weighted by Crippen LogP contribution is 2.31. The number of piperidine rings is 1. The fourth-order valence-corrected chi connectivity index (χ4v) is 3.24. The molecule has 1 heterocycles. The Morgan fingerprint density at radius 1 is 1.30 bits per heavy atom. The third kappa shape index (κ3) is 3.42. The smallest absolute Gasteiger partial charge is 0.0148 e. The summed E-state index contributed by atoms with van der Waals surface area (Å²) in [7, 11) is 0. The molecular formula is C18H30N2. The van der Waals surface area contributed by atoms with Crippen LogP contribution in [0.25, 0.3) is 0 Å². The largest absolute Gasteiger partial charge is 0.330 e. The summed E-state index contributed by atoms with van der Waals surface area (Å²) in [5, 5.41) is 3.67. The van der Waals surface area contributed by atoms with E-state index in [4.69, 9.17) is 5.73 Å². The third-order valence-electron chi connectivity index (χ3n) is 4.63. The summed E-state index contributed by atoms with van der Waals surface area (Å²) >= 11 is 0. The number of nitrogens with one attached hydrogen (secondary N) is 1. The fraction of sp³-hybridized carbons (Fsp3) is 0.667. The van der Waals surface area contributed by atoms with Crippen LogP contribution in [0.2, 0.25) is 0 Å². The molecule has 0 bridgehead atoms. The first kappa shape index (κ1) is 15.5. The predicted octanol–water partition coefficient (Wildman–Crippen LogP) is 3.48. The van der Waals surface area contributed by atoms with E-state index in [2.05, 4.69) is 51.2 Å². The molecular weight excluding hydrogens is 244 g/mol. The Hall–Kier alpha value is -0.860. The SMILES string of the molecule is Cc1ccc(C(C)(C)C)cc1C(CN)C1CCCCN1. The molecule has 0 amide bonds. The van der Waals surface area contributed by atoms with Crippen LogP contribution >= 0.6 is 0 Å². The molecule has 0 aliphatic carbocycles. The van der Waals surface area contributed by atoms with E-state index in [1.807, 2.05) is 0 Å². The minimum atomic E-state index is 0.196. The van der Waals surface area contributed by atoms with Crippen molar-refractivity contribution >= 4 is 0 Å². The molecule has 2 unspecified atom stereocenters. The van der Waals surface area contributed by atoms with Crippen LogP contribution in [-0.4, -0.2) is 19.1 Å². The van der Waals surface area contributed by atoms with Crippen LogP contribution in [0.4, 0.5) is 0 Å². The van der Waals surface area contributed by atoms with Gasteiger partial charge in [-0.3, -0.25) is 0 Å². The van der Waals surface area contributed by atoms with E-state index in [0.717, 1.165) is 13.1 Å². The highest BCUT2D eigenvalue weighted by atomic mass is 14.9. The molecule has 112 valence electrons. The number of hydrogen-bond acceptors (Lipinski definition) is 2. The van der Waals surface area contributed by atoms with Crippen molar-refractivity contribution in [3.05, 3.63) is 34.9 Å². The van der Waals surface area contributed by atoms with E-state index in [1.165, 1.54) is 36.0 Å². The molecule has 0 aromatic heterocycles. The van der Waals surface area contributed by atoms with Gasteiger partial charge in [-0.05, 0) is 48.4 Å². The van der Waals surface area contributed by atoms with E-state index in [9.17, 15) is 0 Å². The lowest BCUT2D eigenvalue weighted by Gasteiger charge is -2.33. The number of aryl methyl sites for hydroxylation is 1. The van der Waals surface area contributed by atoms with Crippen molar-refractivity contribution in [2.24, 2.45) is 5.73 Å². The van der Waals surface area contributed by atoms with Gasteiger partial charge in [0.25, 0.3) is 0 Å². The standard InChI is InChI=1S/C18H30N2/c1-13-8-9-14(18(2,3)4)11-15(13)16(12-19)17-7-5-6-10-20-17/h8-9,11,16-17,20H,5-7,10,12,19H2,1-4H3. The molecule has 1 aliphatic heterocycles. The quantitative estimate of drug-likeness (QED) is 0.885. The van der Waals surface area contributed by atoms with Crippen LogP contribution in [0.15, 0.2) is 18.2 Å². The van der Waals surface area contributed by atoms with Crippen molar-refractivity contribution < 1.29 is 0 Å². The van der Waals surface area contributed by atoms with Gasteiger partial charge < -0.3 is 11.1 Å². The van der Waals surface area contributed by atoms with Gasteiger partial charge in [0.05, 0.1) is 0 Å². The Labute approximate surface area is 124 Å². The minimum absolute atomic E-state index is 0.196. The third-order valence-corrected chi connectivity index (χ3v) is 4.63. The van der Waals surface area contributed by atoms with Crippen LogP contribution < -0.4 is 11.1 Å². The van der Waals surface area contributed by atoms with Crippen molar-refractivity contribution in [2.75, 3.05) is 13.1 Å². The molecule has 2 rings (SSSR count). The molecule has 3 N–H and O–H groups in total. The predicted molar refractivity (Wildman–Crippen MR) is 87.3 cm³/mol. The maximum absolute atomic E-state index is 6.12. The van der Waals surface area contributed by atoms with Gasteiger partial charge in [-0.25, -0.2) is 0 Å². The van der Waals surface area contributed by atoms with Gasteiger partial charge in [0.15, 0.2) is 0 Å². The van der Waals surface area contributed by atoms with Gasteiger partial charge in [-0.15, -0.1) is 0 Å². The molecule has 2 nitrogen and oxygen atoms in total. The highest BCUT2D eigenvalue weighted by molar-refractivity contribution is 5.37. The molecule has 0 radical (unpaired) electrons. The summed E-state index contributed by atoms with van der Waals surface area (Å²) in [6.45, 7) is 10.9. The summed E-state index contributed by atoms with van der Waals surface area (Å²) < 4.78 is 0. The topological polar surface area (TPSA) is 38.0 Å². The number of nitrogens with two attached hydrogens (primary N) is 1.